The van der Waals surface area contributed by atoms with Crippen LogP contribution in [-0.4, -0.2) is 58.9 Å². The molecule has 3 heterocycles. The first-order valence-electron chi connectivity index (χ1n) is 14.7. The summed E-state index contributed by atoms with van der Waals surface area (Å²) in [6.07, 6.45) is 2.24. The Morgan fingerprint density at radius 1 is 1.26 bits per heavy atom. The molecule has 1 unspecified atom stereocenters. The van der Waals surface area contributed by atoms with Crippen molar-refractivity contribution in [2.75, 3.05) is 13.2 Å². The van der Waals surface area contributed by atoms with Crippen LogP contribution in [-0.2, 0) is 22.4 Å². The summed E-state index contributed by atoms with van der Waals surface area (Å²) in [5.41, 5.74) is 2.11. The number of fused-ring (bicyclic) bond motifs is 1. The fraction of sp³-hybridized carbons (Fsp3) is 0.594. The molecule has 1 saturated heterocycles. The second-order valence-electron chi connectivity index (χ2n) is 13.3. The highest BCUT2D eigenvalue weighted by Crippen LogP contribution is 2.55. The average molecular weight is 583 g/mol. The van der Waals surface area contributed by atoms with Gasteiger partial charge in [0.25, 0.3) is 5.92 Å². The number of benzene rings is 1. The van der Waals surface area contributed by atoms with Crippen molar-refractivity contribution >= 4 is 5.91 Å². The van der Waals surface area contributed by atoms with Gasteiger partial charge in [-0.05, 0) is 60.4 Å². The number of alkyl halides is 2. The number of nitrogens with one attached hydrogen (secondary N) is 2. The number of aliphatic hydroxyl groups is 1. The van der Waals surface area contributed by atoms with E-state index in [0.717, 1.165) is 29.5 Å². The van der Waals surface area contributed by atoms with Gasteiger partial charge in [0.05, 0.1) is 36.6 Å². The van der Waals surface area contributed by atoms with Gasteiger partial charge in [0.15, 0.2) is 0 Å². The van der Waals surface area contributed by atoms with Gasteiger partial charge in [-0.2, -0.15) is 5.26 Å². The number of ether oxygens (including phenoxy) is 2. The van der Waals surface area contributed by atoms with Gasteiger partial charge >= 0.3 is 0 Å². The molecule has 1 aromatic carbocycles. The van der Waals surface area contributed by atoms with E-state index < -0.39 is 29.8 Å². The number of hydrogen-bond donors (Lipinski definition) is 3. The molecule has 226 valence electrons. The number of rotatable bonds is 9. The molecule has 1 spiro atoms. The summed E-state index contributed by atoms with van der Waals surface area (Å²) in [6.45, 7) is 7.02. The third-order valence-electron chi connectivity index (χ3n) is 8.20. The first-order chi connectivity index (χ1) is 19.8. The lowest BCUT2D eigenvalue weighted by molar-refractivity contribution is -0.203. The van der Waals surface area contributed by atoms with Gasteiger partial charge in [-0.25, -0.2) is 13.8 Å². The molecule has 2 aromatic rings. The number of nitrogens with zero attached hydrogens (tertiary/aromatic N) is 2. The molecular weight excluding hydrogens is 542 g/mol. The first kappa shape index (κ1) is 30.3. The largest absolute Gasteiger partial charge is 0.470 e. The third kappa shape index (κ3) is 7.25. The molecule has 3 aliphatic rings. The van der Waals surface area contributed by atoms with E-state index >= 15 is 0 Å². The Hall–Kier alpha value is -3.13. The Morgan fingerprint density at radius 3 is 2.71 bits per heavy atom. The van der Waals surface area contributed by atoms with Crippen LogP contribution >= 0.6 is 0 Å². The molecule has 4 atom stereocenters. The lowest BCUT2D eigenvalue weighted by Gasteiger charge is -2.51. The summed E-state index contributed by atoms with van der Waals surface area (Å²) in [7, 11) is 0. The van der Waals surface area contributed by atoms with Crippen LogP contribution in [0, 0.1) is 16.7 Å². The second-order valence-corrected chi connectivity index (χ2v) is 13.3. The number of aliphatic hydroxyl groups excluding tert-OH is 1. The molecule has 3 N–H and O–H groups in total. The van der Waals surface area contributed by atoms with E-state index in [2.05, 4.69) is 42.5 Å². The normalized spacial score (nSPS) is 23.6. The Kier molecular flexibility index (Phi) is 8.57. The van der Waals surface area contributed by atoms with Crippen molar-refractivity contribution in [1.29, 1.82) is 5.26 Å². The summed E-state index contributed by atoms with van der Waals surface area (Å²) in [5, 5.41) is 27.1. The first-order valence-corrected chi connectivity index (χ1v) is 14.7. The molecule has 2 aliphatic heterocycles. The van der Waals surface area contributed by atoms with Crippen molar-refractivity contribution in [1.82, 2.24) is 15.6 Å². The van der Waals surface area contributed by atoms with E-state index in [-0.39, 0.29) is 36.8 Å². The summed E-state index contributed by atoms with van der Waals surface area (Å²) in [6, 6.07) is 10.2. The molecule has 0 bridgehead atoms. The number of nitriles is 1. The number of carbonyl (C=O) groups is 1. The molecule has 1 aliphatic carbocycles. The molecule has 1 aromatic heterocycles. The zero-order chi connectivity index (χ0) is 30.1. The maximum Gasteiger partial charge on any atom is 0.255 e. The predicted molar refractivity (Wildman–Crippen MR) is 152 cm³/mol. The standard InChI is InChI=1S/C32H40F2N4O4/c1-30(2,3)13-22-11-23-25(14-31(18-32(33,34)19-31)42-29(23)37-16-22)36-17-26(39)24(38-28(40)27-8-5-9-41-27)12-20-6-4-7-21(10-20)15-35/h4,6-7,10-11,16,24-27,36,39H,5,8-9,12-14,17-19H2,1-3H3,(H,38,40)/t24-,25-,26+,27?/m0/s1. The van der Waals surface area contributed by atoms with Crippen LogP contribution < -0.4 is 15.4 Å². The molecular formula is C32H40F2N4O4. The fourth-order valence-corrected chi connectivity index (χ4v) is 6.35. The number of hydrogen-bond acceptors (Lipinski definition) is 7. The lowest BCUT2D eigenvalue weighted by Crippen LogP contribution is -2.59. The number of amides is 1. The van der Waals surface area contributed by atoms with Crippen molar-refractivity contribution in [2.45, 2.75) is 102 Å². The van der Waals surface area contributed by atoms with Crippen LogP contribution in [0.1, 0.15) is 81.2 Å². The smallest absolute Gasteiger partial charge is 0.255 e. The van der Waals surface area contributed by atoms with Crippen molar-refractivity contribution < 1.29 is 28.2 Å². The van der Waals surface area contributed by atoms with Gasteiger partial charge in [0, 0.05) is 37.4 Å². The summed E-state index contributed by atoms with van der Waals surface area (Å²) >= 11 is 0. The minimum atomic E-state index is -2.77. The van der Waals surface area contributed by atoms with Crippen molar-refractivity contribution in [3.05, 3.63) is 58.8 Å². The minimum Gasteiger partial charge on any atom is -0.470 e. The SMILES string of the molecule is CC(C)(C)Cc1cnc2c(c1)[C@@H](NC[C@@H](O)[C@H](Cc1cccc(C#N)c1)NC(=O)C1CCCO1)CC1(CC(F)(F)C1)O2. The van der Waals surface area contributed by atoms with Gasteiger partial charge in [0.1, 0.15) is 11.7 Å². The highest BCUT2D eigenvalue weighted by molar-refractivity contribution is 5.81. The molecule has 5 rings (SSSR count). The maximum absolute atomic E-state index is 14.0. The number of carbonyl (C=O) groups excluding carboxylic acids is 1. The second kappa shape index (κ2) is 11.9. The van der Waals surface area contributed by atoms with E-state index in [0.29, 0.717) is 37.3 Å². The van der Waals surface area contributed by atoms with Crippen LogP contribution in [0.15, 0.2) is 36.5 Å². The minimum absolute atomic E-state index is 0.0269. The zero-order valence-electron chi connectivity index (χ0n) is 24.5. The van der Waals surface area contributed by atoms with Crippen LogP contribution in [0.2, 0.25) is 0 Å². The van der Waals surface area contributed by atoms with E-state index in [1.54, 1.807) is 24.4 Å². The number of pyridine rings is 1. The summed E-state index contributed by atoms with van der Waals surface area (Å²) in [4.78, 5) is 17.5. The van der Waals surface area contributed by atoms with Gasteiger partial charge in [-0.1, -0.05) is 32.9 Å². The van der Waals surface area contributed by atoms with Gasteiger partial charge in [0.2, 0.25) is 11.8 Å². The monoisotopic (exact) mass is 582 g/mol. The van der Waals surface area contributed by atoms with Crippen molar-refractivity contribution in [2.24, 2.45) is 5.41 Å². The quantitative estimate of drug-likeness (QED) is 0.402. The molecule has 8 nitrogen and oxygen atoms in total. The Bertz CT molecular complexity index is 1320. The van der Waals surface area contributed by atoms with E-state index in [1.807, 2.05) is 12.1 Å². The predicted octanol–water partition coefficient (Wildman–Crippen LogP) is 4.39. The highest BCUT2D eigenvalue weighted by Gasteiger charge is 2.61. The maximum atomic E-state index is 14.0. The van der Waals surface area contributed by atoms with Crippen LogP contribution in [0.5, 0.6) is 5.88 Å². The molecule has 1 amide bonds. The number of halogens is 2. The van der Waals surface area contributed by atoms with Gasteiger partial charge in [-0.3, -0.25) is 4.79 Å². The van der Waals surface area contributed by atoms with E-state index in [1.165, 1.54) is 0 Å². The van der Waals surface area contributed by atoms with E-state index in [9.17, 15) is 23.9 Å². The Balaban J connectivity index is 1.35. The number of aromatic nitrogens is 1. The molecule has 2 fully saturated rings. The molecule has 10 heteroatoms. The van der Waals surface area contributed by atoms with Gasteiger partial charge < -0.3 is 25.2 Å². The summed E-state index contributed by atoms with van der Waals surface area (Å²) in [5.74, 6) is -2.71. The summed E-state index contributed by atoms with van der Waals surface area (Å²) < 4.78 is 39.7. The molecule has 1 saturated carbocycles. The Morgan fingerprint density at radius 2 is 2.05 bits per heavy atom. The molecule has 42 heavy (non-hydrogen) atoms. The van der Waals surface area contributed by atoms with E-state index in [4.69, 9.17) is 9.47 Å². The average Bonchev–Trinajstić information content (AvgIpc) is 3.45. The lowest BCUT2D eigenvalue weighted by atomic mass is 9.70. The molecule has 0 radical (unpaired) electrons. The van der Waals surface area contributed by atoms with Crippen LogP contribution in [0.4, 0.5) is 8.78 Å². The van der Waals surface area contributed by atoms with Crippen LogP contribution in [0.3, 0.4) is 0 Å². The van der Waals surface area contributed by atoms with Crippen molar-refractivity contribution in [3.8, 4) is 11.9 Å². The zero-order valence-corrected chi connectivity index (χ0v) is 24.5. The van der Waals surface area contributed by atoms with Crippen LogP contribution in [0.25, 0.3) is 0 Å². The topological polar surface area (TPSA) is 116 Å². The van der Waals surface area contributed by atoms with Crippen molar-refractivity contribution in [3.63, 3.8) is 0 Å². The third-order valence-corrected chi connectivity index (χ3v) is 8.20. The fourth-order valence-electron chi connectivity index (χ4n) is 6.35. The highest BCUT2D eigenvalue weighted by atomic mass is 19.3. The Labute approximate surface area is 245 Å². The van der Waals surface area contributed by atoms with Gasteiger partial charge in [-0.15, -0.1) is 0 Å².